The number of hydrogen-bond donors (Lipinski definition) is 1. The van der Waals surface area contributed by atoms with Crippen molar-refractivity contribution in [3.8, 4) is 11.5 Å². The molecule has 0 spiro atoms. The molecule has 1 amide bonds. The third-order valence-electron chi connectivity index (χ3n) is 4.97. The van der Waals surface area contributed by atoms with Crippen molar-refractivity contribution in [1.82, 2.24) is 10.2 Å². The van der Waals surface area contributed by atoms with Crippen molar-refractivity contribution in [3.05, 3.63) is 23.8 Å². The fraction of sp³-hybridized carbons (Fsp3) is 0.667. The molecule has 0 radical (unpaired) electrons. The van der Waals surface area contributed by atoms with Crippen LogP contribution >= 0.6 is 0 Å². The minimum Gasteiger partial charge on any atom is -0.493 e. The highest BCUT2D eigenvalue weighted by Gasteiger charge is 2.22. The van der Waals surface area contributed by atoms with Crippen molar-refractivity contribution in [2.24, 2.45) is 5.92 Å². The number of methoxy groups -OCH3 is 1. The Morgan fingerprint density at radius 2 is 1.88 bits per heavy atom. The van der Waals surface area contributed by atoms with Crippen LogP contribution in [0.2, 0.25) is 0 Å². The molecule has 1 saturated heterocycles. The van der Waals surface area contributed by atoms with E-state index in [4.69, 9.17) is 9.47 Å². The van der Waals surface area contributed by atoms with Gasteiger partial charge in [-0.3, -0.25) is 4.79 Å². The molecule has 0 aliphatic carbocycles. The molecule has 1 heterocycles. The predicted molar refractivity (Wildman–Crippen MR) is 105 cm³/mol. The first kappa shape index (κ1) is 20.6. The highest BCUT2D eigenvalue weighted by molar-refractivity contribution is 5.95. The molecule has 1 N–H and O–H groups in total. The highest BCUT2D eigenvalue weighted by atomic mass is 16.5. The summed E-state index contributed by atoms with van der Waals surface area (Å²) in [6.45, 7) is 11.5. The van der Waals surface area contributed by atoms with Crippen molar-refractivity contribution in [2.75, 3.05) is 26.8 Å². The molecule has 1 aliphatic rings. The maximum absolute atomic E-state index is 12.6. The van der Waals surface area contributed by atoms with E-state index in [1.54, 1.807) is 13.2 Å². The largest absolute Gasteiger partial charge is 0.493 e. The van der Waals surface area contributed by atoms with E-state index in [-0.39, 0.29) is 11.9 Å². The van der Waals surface area contributed by atoms with Crippen molar-refractivity contribution >= 4 is 5.91 Å². The summed E-state index contributed by atoms with van der Waals surface area (Å²) in [5.74, 6) is 1.85. The van der Waals surface area contributed by atoms with Gasteiger partial charge in [-0.1, -0.05) is 13.8 Å². The monoisotopic (exact) mass is 362 g/mol. The Balaban J connectivity index is 1.92. The van der Waals surface area contributed by atoms with Crippen LogP contribution in [-0.2, 0) is 0 Å². The van der Waals surface area contributed by atoms with Gasteiger partial charge >= 0.3 is 0 Å². The molecule has 1 aliphatic heterocycles. The van der Waals surface area contributed by atoms with Crippen LogP contribution in [0.1, 0.15) is 57.3 Å². The molecule has 1 aromatic carbocycles. The van der Waals surface area contributed by atoms with Crippen LogP contribution in [0.25, 0.3) is 0 Å². The van der Waals surface area contributed by atoms with E-state index < -0.39 is 0 Å². The molecule has 0 bridgehead atoms. The minimum absolute atomic E-state index is 0.0416. The number of nitrogens with zero attached hydrogens (tertiary/aromatic N) is 1. The Morgan fingerprint density at radius 3 is 2.46 bits per heavy atom. The van der Waals surface area contributed by atoms with E-state index in [0.717, 1.165) is 32.4 Å². The zero-order chi connectivity index (χ0) is 19.1. The number of likely N-dealkylation sites (tertiary alicyclic amines) is 1. The summed E-state index contributed by atoms with van der Waals surface area (Å²) in [6.07, 6.45) is 2.98. The zero-order valence-corrected chi connectivity index (χ0v) is 16.9. The number of ether oxygens (including phenoxy) is 2. The molecule has 26 heavy (non-hydrogen) atoms. The zero-order valence-electron chi connectivity index (χ0n) is 16.9. The smallest absolute Gasteiger partial charge is 0.251 e. The summed E-state index contributed by atoms with van der Waals surface area (Å²) in [5.41, 5.74) is 0.615. The molecule has 146 valence electrons. The Hall–Kier alpha value is -1.75. The molecular weight excluding hydrogens is 328 g/mol. The second-order valence-electron chi connectivity index (χ2n) is 7.77. The van der Waals surface area contributed by atoms with Crippen molar-refractivity contribution in [2.45, 2.75) is 59.0 Å². The maximum atomic E-state index is 12.6. The number of carbonyl (C=O) groups is 1. The predicted octanol–water partition coefficient (Wildman–Crippen LogP) is 3.72. The summed E-state index contributed by atoms with van der Waals surface area (Å²) in [7, 11) is 1.61. The van der Waals surface area contributed by atoms with Gasteiger partial charge in [0.2, 0.25) is 0 Å². The maximum Gasteiger partial charge on any atom is 0.251 e. The van der Waals surface area contributed by atoms with E-state index >= 15 is 0 Å². The number of benzene rings is 1. The number of piperidine rings is 1. The number of rotatable bonds is 8. The van der Waals surface area contributed by atoms with Crippen LogP contribution in [0.4, 0.5) is 0 Å². The lowest BCUT2D eigenvalue weighted by molar-refractivity contribution is 0.0900. The topological polar surface area (TPSA) is 50.8 Å². The number of hydrogen-bond acceptors (Lipinski definition) is 4. The summed E-state index contributed by atoms with van der Waals surface area (Å²) in [6, 6.07) is 6.22. The lowest BCUT2D eigenvalue weighted by atomic mass is 10.0. The van der Waals surface area contributed by atoms with Crippen LogP contribution in [-0.4, -0.2) is 49.7 Å². The average molecular weight is 363 g/mol. The first-order valence-electron chi connectivity index (χ1n) is 9.76. The van der Waals surface area contributed by atoms with Gasteiger partial charge in [-0.15, -0.1) is 0 Å². The fourth-order valence-electron chi connectivity index (χ4n) is 3.16. The van der Waals surface area contributed by atoms with Crippen molar-refractivity contribution < 1.29 is 14.3 Å². The Bertz CT molecular complexity index is 579. The lowest BCUT2D eigenvalue weighted by Crippen LogP contribution is -2.46. The highest BCUT2D eigenvalue weighted by Crippen LogP contribution is 2.28. The van der Waals surface area contributed by atoms with E-state index in [1.165, 1.54) is 0 Å². The first-order chi connectivity index (χ1) is 12.4. The van der Waals surface area contributed by atoms with E-state index in [1.807, 2.05) is 12.1 Å². The first-order valence-corrected chi connectivity index (χ1v) is 9.76. The SMILES string of the molecule is COc1cc(C(=O)NC2CCN(C(C)C)CC2)ccc1OCCC(C)C. The van der Waals surface area contributed by atoms with Gasteiger partial charge in [0.1, 0.15) is 0 Å². The summed E-state index contributed by atoms with van der Waals surface area (Å²) >= 11 is 0. The third-order valence-corrected chi connectivity index (χ3v) is 4.97. The van der Waals surface area contributed by atoms with Gasteiger partial charge in [-0.2, -0.15) is 0 Å². The Labute approximate surface area is 158 Å². The minimum atomic E-state index is -0.0416. The van der Waals surface area contributed by atoms with Crippen LogP contribution in [0.5, 0.6) is 11.5 Å². The van der Waals surface area contributed by atoms with Gasteiger partial charge in [-0.05, 0) is 57.2 Å². The average Bonchev–Trinajstić information content (AvgIpc) is 2.62. The summed E-state index contributed by atoms with van der Waals surface area (Å²) in [5, 5.41) is 3.16. The Morgan fingerprint density at radius 1 is 1.19 bits per heavy atom. The van der Waals surface area contributed by atoms with Gasteiger partial charge < -0.3 is 19.7 Å². The summed E-state index contributed by atoms with van der Waals surface area (Å²) < 4.78 is 11.2. The van der Waals surface area contributed by atoms with Gasteiger partial charge in [0, 0.05) is 30.7 Å². The van der Waals surface area contributed by atoms with Gasteiger partial charge in [0.15, 0.2) is 11.5 Å². The lowest BCUT2D eigenvalue weighted by Gasteiger charge is -2.34. The quantitative estimate of drug-likeness (QED) is 0.766. The van der Waals surface area contributed by atoms with Gasteiger partial charge in [0.05, 0.1) is 13.7 Å². The molecule has 5 nitrogen and oxygen atoms in total. The number of carbonyl (C=O) groups excluding carboxylic acids is 1. The van der Waals surface area contributed by atoms with Gasteiger partial charge in [-0.25, -0.2) is 0 Å². The van der Waals surface area contributed by atoms with Crippen molar-refractivity contribution in [1.29, 1.82) is 0 Å². The molecule has 0 aromatic heterocycles. The second kappa shape index (κ2) is 9.81. The van der Waals surface area contributed by atoms with Crippen LogP contribution in [0.15, 0.2) is 18.2 Å². The molecule has 0 saturated carbocycles. The van der Waals surface area contributed by atoms with E-state index in [0.29, 0.717) is 35.6 Å². The van der Waals surface area contributed by atoms with E-state index in [9.17, 15) is 4.79 Å². The van der Waals surface area contributed by atoms with E-state index in [2.05, 4.69) is 37.9 Å². The van der Waals surface area contributed by atoms with Crippen LogP contribution in [0.3, 0.4) is 0 Å². The van der Waals surface area contributed by atoms with Crippen molar-refractivity contribution in [3.63, 3.8) is 0 Å². The molecule has 0 atom stereocenters. The van der Waals surface area contributed by atoms with Crippen LogP contribution < -0.4 is 14.8 Å². The summed E-state index contributed by atoms with van der Waals surface area (Å²) in [4.78, 5) is 15.0. The third kappa shape index (κ3) is 5.90. The molecule has 5 heteroatoms. The normalized spacial score (nSPS) is 16.1. The number of nitrogens with one attached hydrogen (secondary N) is 1. The molecule has 1 aromatic rings. The second-order valence-corrected chi connectivity index (χ2v) is 7.77. The standard InChI is InChI=1S/C21H34N2O3/c1-15(2)10-13-26-19-7-6-17(14-20(19)25-5)21(24)22-18-8-11-23(12-9-18)16(3)4/h6-7,14-16,18H,8-13H2,1-5H3,(H,22,24). The molecule has 2 rings (SSSR count). The molecular formula is C21H34N2O3. The number of amides is 1. The fourth-order valence-corrected chi connectivity index (χ4v) is 3.16. The van der Waals surface area contributed by atoms with Gasteiger partial charge in [0.25, 0.3) is 5.91 Å². The van der Waals surface area contributed by atoms with Crippen LogP contribution in [0, 0.1) is 5.92 Å². The Kier molecular flexibility index (Phi) is 7.76. The molecule has 0 unspecified atom stereocenters. The molecule has 1 fully saturated rings.